The molecule has 1 amide bonds. The summed E-state index contributed by atoms with van der Waals surface area (Å²) in [4.78, 5) is 43.3. The Kier molecular flexibility index (Phi) is 6.49. The first-order valence-electron chi connectivity index (χ1n) is 10.6. The van der Waals surface area contributed by atoms with Crippen molar-refractivity contribution in [3.63, 3.8) is 0 Å². The normalized spacial score (nSPS) is 17.1. The number of esters is 1. The zero-order valence-corrected chi connectivity index (χ0v) is 18.3. The molecule has 1 aromatic heterocycles. The van der Waals surface area contributed by atoms with Crippen LogP contribution in [-0.2, 0) is 25.5 Å². The number of amides is 1. The monoisotopic (exact) mass is 460 g/mol. The molecule has 4 rings (SSSR count). The molecule has 0 radical (unpaired) electrons. The van der Waals surface area contributed by atoms with Crippen LogP contribution in [0.5, 0.6) is 0 Å². The molecule has 2 heterocycles. The number of ether oxygens (including phenoxy) is 1. The van der Waals surface area contributed by atoms with E-state index in [0.29, 0.717) is 16.8 Å². The molecule has 3 aromatic rings. The predicted octanol–water partition coefficient (Wildman–Crippen LogP) is 3.95. The Labute approximate surface area is 195 Å². The fourth-order valence-electron chi connectivity index (χ4n) is 3.87. The zero-order chi connectivity index (χ0) is 24.2. The molecule has 1 saturated heterocycles. The number of aliphatic hydroxyl groups excluding tert-OH is 1. The lowest BCUT2D eigenvalue weighted by molar-refractivity contribution is -0.142. The minimum Gasteiger partial charge on any atom is -0.507 e. The number of hydrogen-bond donors (Lipinski definition) is 1. The van der Waals surface area contributed by atoms with Crippen molar-refractivity contribution in [1.82, 2.24) is 4.98 Å². The van der Waals surface area contributed by atoms with E-state index >= 15 is 0 Å². The van der Waals surface area contributed by atoms with Crippen molar-refractivity contribution in [2.45, 2.75) is 19.4 Å². The standard InChI is InChI=1S/C26H21FN2O5/c1-2-34-21(30)14-16-5-11-20(12-6-16)29-23(18-4-3-13-28-15-18)22(25(32)26(29)33)24(31)17-7-9-19(27)10-8-17/h3-13,15,23,31H,2,14H2,1H3/b24-22-. The first-order chi connectivity index (χ1) is 16.4. The first kappa shape index (κ1) is 22.8. The van der Waals surface area contributed by atoms with Crippen LogP contribution in [0.1, 0.15) is 29.7 Å². The van der Waals surface area contributed by atoms with Gasteiger partial charge in [0.25, 0.3) is 11.7 Å². The summed E-state index contributed by atoms with van der Waals surface area (Å²) in [7, 11) is 0. The van der Waals surface area contributed by atoms with E-state index in [1.54, 1.807) is 49.5 Å². The molecule has 0 saturated carbocycles. The molecule has 1 N–H and O–H groups in total. The Morgan fingerprint density at radius 2 is 1.79 bits per heavy atom. The summed E-state index contributed by atoms with van der Waals surface area (Å²) in [5.41, 5.74) is 1.68. The van der Waals surface area contributed by atoms with Gasteiger partial charge in [-0.05, 0) is 60.5 Å². The van der Waals surface area contributed by atoms with Gasteiger partial charge in [-0.1, -0.05) is 18.2 Å². The van der Waals surface area contributed by atoms with Crippen LogP contribution in [0.15, 0.2) is 78.6 Å². The van der Waals surface area contributed by atoms with Crippen LogP contribution in [0.3, 0.4) is 0 Å². The quantitative estimate of drug-likeness (QED) is 0.259. The van der Waals surface area contributed by atoms with Gasteiger partial charge in [0.2, 0.25) is 0 Å². The molecular formula is C26H21FN2O5. The molecule has 1 aliphatic heterocycles. The van der Waals surface area contributed by atoms with Crippen LogP contribution in [0.2, 0.25) is 0 Å². The van der Waals surface area contributed by atoms with Crippen molar-refractivity contribution in [1.29, 1.82) is 0 Å². The van der Waals surface area contributed by atoms with Crippen LogP contribution < -0.4 is 4.90 Å². The number of anilines is 1. The number of aromatic nitrogens is 1. The van der Waals surface area contributed by atoms with E-state index in [4.69, 9.17) is 4.74 Å². The van der Waals surface area contributed by atoms with Gasteiger partial charge in [-0.25, -0.2) is 4.39 Å². The summed E-state index contributed by atoms with van der Waals surface area (Å²) in [6.07, 6.45) is 3.14. The molecule has 172 valence electrons. The van der Waals surface area contributed by atoms with E-state index in [1.165, 1.54) is 23.2 Å². The number of carbonyl (C=O) groups excluding carboxylic acids is 3. The highest BCUT2D eigenvalue weighted by Crippen LogP contribution is 2.41. The minimum absolute atomic E-state index is 0.0730. The number of Topliss-reactive ketones (excluding diaryl/α,β-unsaturated/α-hetero) is 1. The second kappa shape index (κ2) is 9.66. The summed E-state index contributed by atoms with van der Waals surface area (Å²) in [5.74, 6) is -2.97. The van der Waals surface area contributed by atoms with Crippen molar-refractivity contribution in [3.05, 3.63) is 101 Å². The van der Waals surface area contributed by atoms with Crippen molar-refractivity contribution < 1.29 is 28.6 Å². The number of hydrogen-bond acceptors (Lipinski definition) is 6. The average Bonchev–Trinajstić information content (AvgIpc) is 3.11. The molecule has 0 spiro atoms. The van der Waals surface area contributed by atoms with Gasteiger partial charge < -0.3 is 9.84 Å². The second-order valence-electron chi connectivity index (χ2n) is 7.61. The highest BCUT2D eigenvalue weighted by atomic mass is 19.1. The average molecular weight is 460 g/mol. The number of benzene rings is 2. The van der Waals surface area contributed by atoms with Gasteiger partial charge in [0.05, 0.1) is 24.6 Å². The maximum absolute atomic E-state index is 13.4. The van der Waals surface area contributed by atoms with Gasteiger partial charge >= 0.3 is 5.97 Å². The highest BCUT2D eigenvalue weighted by Gasteiger charge is 2.47. The van der Waals surface area contributed by atoms with Crippen LogP contribution in [-0.4, -0.2) is 34.4 Å². The molecule has 1 atom stereocenters. The van der Waals surface area contributed by atoms with Crippen molar-refractivity contribution in [2.24, 2.45) is 0 Å². The fraction of sp³-hybridized carbons (Fsp3) is 0.154. The Balaban J connectivity index is 1.78. The molecule has 1 unspecified atom stereocenters. The second-order valence-corrected chi connectivity index (χ2v) is 7.61. The van der Waals surface area contributed by atoms with Crippen LogP contribution in [0.4, 0.5) is 10.1 Å². The summed E-state index contributed by atoms with van der Waals surface area (Å²) in [5, 5.41) is 11.0. The number of aliphatic hydroxyl groups is 1. The third-order valence-electron chi connectivity index (χ3n) is 5.43. The molecule has 8 heteroatoms. The summed E-state index contributed by atoms with van der Waals surface area (Å²) in [6, 6.07) is 14.0. The lowest BCUT2D eigenvalue weighted by atomic mass is 9.96. The van der Waals surface area contributed by atoms with Gasteiger partial charge in [-0.2, -0.15) is 0 Å². The number of nitrogens with zero attached hydrogens (tertiary/aromatic N) is 2. The van der Waals surface area contributed by atoms with Crippen LogP contribution in [0, 0.1) is 5.82 Å². The maximum atomic E-state index is 13.4. The number of carbonyl (C=O) groups is 3. The van der Waals surface area contributed by atoms with E-state index in [-0.39, 0.29) is 30.1 Å². The summed E-state index contributed by atoms with van der Waals surface area (Å²) in [6.45, 7) is 2.00. The van der Waals surface area contributed by atoms with E-state index in [2.05, 4.69) is 4.98 Å². The Morgan fingerprint density at radius 1 is 1.09 bits per heavy atom. The van der Waals surface area contributed by atoms with Crippen molar-refractivity contribution in [3.8, 4) is 0 Å². The van der Waals surface area contributed by atoms with E-state index in [1.807, 2.05) is 0 Å². The van der Waals surface area contributed by atoms with Crippen molar-refractivity contribution in [2.75, 3.05) is 11.5 Å². The molecular weight excluding hydrogens is 439 g/mol. The van der Waals surface area contributed by atoms with Crippen LogP contribution in [0.25, 0.3) is 5.76 Å². The number of halogens is 1. The van der Waals surface area contributed by atoms with E-state index in [0.717, 1.165) is 12.1 Å². The molecule has 1 fully saturated rings. The number of rotatable bonds is 6. The van der Waals surface area contributed by atoms with Gasteiger partial charge in [0.1, 0.15) is 11.6 Å². The SMILES string of the molecule is CCOC(=O)Cc1ccc(N2C(=O)C(=O)/C(=C(\O)c3ccc(F)cc3)C2c2cccnc2)cc1. The summed E-state index contributed by atoms with van der Waals surface area (Å²) < 4.78 is 18.3. The van der Waals surface area contributed by atoms with Crippen molar-refractivity contribution >= 4 is 29.1 Å². The largest absolute Gasteiger partial charge is 0.507 e. The molecule has 2 aromatic carbocycles. The Morgan fingerprint density at radius 3 is 2.41 bits per heavy atom. The van der Waals surface area contributed by atoms with Gasteiger partial charge in [0.15, 0.2) is 0 Å². The van der Waals surface area contributed by atoms with Gasteiger partial charge in [-0.3, -0.25) is 24.3 Å². The number of ketones is 1. The lowest BCUT2D eigenvalue weighted by Gasteiger charge is -2.25. The van der Waals surface area contributed by atoms with E-state index in [9.17, 15) is 23.9 Å². The lowest BCUT2D eigenvalue weighted by Crippen LogP contribution is -2.29. The molecule has 1 aliphatic rings. The Bertz CT molecular complexity index is 1250. The minimum atomic E-state index is -0.949. The van der Waals surface area contributed by atoms with Crippen LogP contribution >= 0.6 is 0 Å². The predicted molar refractivity (Wildman–Crippen MR) is 122 cm³/mol. The highest BCUT2D eigenvalue weighted by molar-refractivity contribution is 6.51. The molecule has 7 nitrogen and oxygen atoms in total. The van der Waals surface area contributed by atoms with E-state index < -0.39 is 29.3 Å². The first-order valence-corrected chi connectivity index (χ1v) is 10.6. The molecule has 34 heavy (non-hydrogen) atoms. The topological polar surface area (TPSA) is 96.8 Å². The van der Waals surface area contributed by atoms with Gasteiger partial charge in [-0.15, -0.1) is 0 Å². The number of pyridine rings is 1. The fourth-order valence-corrected chi connectivity index (χ4v) is 3.87. The van der Waals surface area contributed by atoms with Gasteiger partial charge in [0, 0.05) is 23.6 Å². The molecule has 0 aliphatic carbocycles. The maximum Gasteiger partial charge on any atom is 0.310 e. The summed E-state index contributed by atoms with van der Waals surface area (Å²) >= 11 is 0. The third kappa shape index (κ3) is 4.43. The smallest absolute Gasteiger partial charge is 0.310 e. The molecule has 0 bridgehead atoms. The third-order valence-corrected chi connectivity index (χ3v) is 5.43. The zero-order valence-electron chi connectivity index (χ0n) is 18.3. The Hall–Kier alpha value is -4.33.